The Labute approximate surface area is 155 Å². The molecular weight excluding hydrogens is 334 g/mol. The molecule has 3 fully saturated rings. The molecule has 1 aromatic rings. The van der Waals surface area contributed by atoms with Crippen molar-refractivity contribution in [3.63, 3.8) is 0 Å². The molecular formula is C20H28ClN3O. The smallest absolute Gasteiger partial charge is 0.226 e. The summed E-state index contributed by atoms with van der Waals surface area (Å²) in [4.78, 5) is 22.2. The molecule has 0 radical (unpaired) electrons. The first-order valence-corrected chi connectivity index (χ1v) is 10.2. The Kier molecular flexibility index (Phi) is 4.90. The fourth-order valence-electron chi connectivity index (χ4n) is 5.21. The van der Waals surface area contributed by atoms with Crippen LogP contribution in [-0.2, 0) is 4.79 Å². The number of carbonyl (C=O) groups excluding carboxylic acids is 1. The van der Waals surface area contributed by atoms with E-state index in [1.807, 2.05) is 12.1 Å². The van der Waals surface area contributed by atoms with Crippen molar-refractivity contribution in [2.24, 2.45) is 11.8 Å². The number of halogens is 1. The number of pyridine rings is 1. The number of piperidine rings is 1. The first-order valence-electron chi connectivity index (χ1n) is 9.82. The molecule has 3 heterocycles. The van der Waals surface area contributed by atoms with Gasteiger partial charge in [0.2, 0.25) is 5.91 Å². The highest BCUT2D eigenvalue weighted by Gasteiger charge is 2.44. The molecule has 25 heavy (non-hydrogen) atoms. The van der Waals surface area contributed by atoms with Crippen molar-refractivity contribution >= 4 is 23.3 Å². The van der Waals surface area contributed by atoms with Gasteiger partial charge in [0.1, 0.15) is 5.82 Å². The summed E-state index contributed by atoms with van der Waals surface area (Å²) in [6.45, 7) is 4.06. The third kappa shape index (κ3) is 3.38. The van der Waals surface area contributed by atoms with Crippen LogP contribution in [0.4, 0.5) is 5.82 Å². The Morgan fingerprint density at radius 2 is 1.92 bits per heavy atom. The minimum absolute atomic E-state index is 0.187. The van der Waals surface area contributed by atoms with E-state index in [4.69, 9.17) is 11.6 Å². The fourth-order valence-corrected chi connectivity index (χ4v) is 5.32. The zero-order valence-electron chi connectivity index (χ0n) is 15.0. The van der Waals surface area contributed by atoms with Gasteiger partial charge >= 0.3 is 0 Å². The molecule has 3 aliphatic rings. The number of rotatable bonds is 2. The van der Waals surface area contributed by atoms with E-state index in [2.05, 4.69) is 21.7 Å². The topological polar surface area (TPSA) is 36.4 Å². The number of fused-ring (bicyclic) bond motifs is 1. The Balaban J connectivity index is 1.38. The lowest BCUT2D eigenvalue weighted by Gasteiger charge is -2.38. The number of aromatic nitrogens is 1. The minimum atomic E-state index is 0.187. The largest absolute Gasteiger partial charge is 0.357 e. The van der Waals surface area contributed by atoms with Gasteiger partial charge in [-0.1, -0.05) is 24.4 Å². The number of hydrogen-bond donors (Lipinski definition) is 0. The SMILES string of the molecule is CC1CC2CCCCC2N1C(=O)C1CCN(c2ccc(Cl)cn2)CC1. The highest BCUT2D eigenvalue weighted by atomic mass is 35.5. The monoisotopic (exact) mass is 361 g/mol. The van der Waals surface area contributed by atoms with Crippen LogP contribution in [0.5, 0.6) is 0 Å². The Hall–Kier alpha value is -1.29. The van der Waals surface area contributed by atoms with Crippen molar-refractivity contribution < 1.29 is 4.79 Å². The predicted molar refractivity (Wildman–Crippen MR) is 101 cm³/mol. The maximum atomic E-state index is 13.2. The normalized spacial score (nSPS) is 30.4. The van der Waals surface area contributed by atoms with Crippen LogP contribution < -0.4 is 4.90 Å². The van der Waals surface area contributed by atoms with Gasteiger partial charge in [0.15, 0.2) is 0 Å². The summed E-state index contributed by atoms with van der Waals surface area (Å²) in [6.07, 6.45) is 9.95. The molecule has 136 valence electrons. The van der Waals surface area contributed by atoms with Crippen molar-refractivity contribution in [1.82, 2.24) is 9.88 Å². The molecule has 2 saturated heterocycles. The highest BCUT2D eigenvalue weighted by Crippen LogP contribution is 2.41. The van der Waals surface area contributed by atoms with Gasteiger partial charge in [0, 0.05) is 37.3 Å². The minimum Gasteiger partial charge on any atom is -0.357 e. The summed E-state index contributed by atoms with van der Waals surface area (Å²) in [5, 5.41) is 0.666. The van der Waals surface area contributed by atoms with Crippen LogP contribution in [0.15, 0.2) is 18.3 Å². The predicted octanol–water partition coefficient (Wildman–Crippen LogP) is 4.13. The zero-order valence-corrected chi connectivity index (χ0v) is 15.8. The molecule has 1 aromatic heterocycles. The van der Waals surface area contributed by atoms with Gasteiger partial charge < -0.3 is 9.80 Å². The second kappa shape index (κ2) is 7.14. The lowest BCUT2D eigenvalue weighted by Crippen LogP contribution is -2.48. The standard InChI is InChI=1S/C20H28ClN3O/c1-14-12-16-4-2-3-5-18(16)24(14)20(25)15-8-10-23(11-9-15)19-7-6-17(21)13-22-19/h6-7,13-16,18H,2-5,8-12H2,1H3. The van der Waals surface area contributed by atoms with Crippen molar-refractivity contribution in [2.45, 2.75) is 64.0 Å². The van der Waals surface area contributed by atoms with E-state index in [9.17, 15) is 4.79 Å². The Morgan fingerprint density at radius 1 is 1.16 bits per heavy atom. The van der Waals surface area contributed by atoms with Gasteiger partial charge in [-0.2, -0.15) is 0 Å². The van der Waals surface area contributed by atoms with Gasteiger partial charge in [-0.15, -0.1) is 0 Å². The van der Waals surface area contributed by atoms with E-state index in [1.165, 1.54) is 32.1 Å². The van der Waals surface area contributed by atoms with Crippen LogP contribution in [0.1, 0.15) is 51.9 Å². The molecule has 3 atom stereocenters. The first-order chi connectivity index (χ1) is 12.1. The summed E-state index contributed by atoms with van der Waals surface area (Å²) in [5.74, 6) is 2.33. The van der Waals surface area contributed by atoms with Crippen molar-refractivity contribution in [3.05, 3.63) is 23.4 Å². The van der Waals surface area contributed by atoms with Crippen LogP contribution in [0, 0.1) is 11.8 Å². The molecule has 1 amide bonds. The average Bonchev–Trinajstić information content (AvgIpc) is 2.97. The fraction of sp³-hybridized carbons (Fsp3) is 0.700. The van der Waals surface area contributed by atoms with Gasteiger partial charge in [0.05, 0.1) is 5.02 Å². The summed E-state index contributed by atoms with van der Waals surface area (Å²) in [5.41, 5.74) is 0. The van der Waals surface area contributed by atoms with E-state index in [0.29, 0.717) is 23.0 Å². The van der Waals surface area contributed by atoms with E-state index in [0.717, 1.165) is 37.7 Å². The van der Waals surface area contributed by atoms with Gasteiger partial charge in [0.25, 0.3) is 0 Å². The zero-order chi connectivity index (χ0) is 17.4. The average molecular weight is 362 g/mol. The molecule has 1 aliphatic carbocycles. The Bertz CT molecular complexity index is 612. The molecule has 0 N–H and O–H groups in total. The van der Waals surface area contributed by atoms with Gasteiger partial charge in [-0.05, 0) is 57.1 Å². The van der Waals surface area contributed by atoms with E-state index in [1.54, 1.807) is 6.20 Å². The van der Waals surface area contributed by atoms with E-state index >= 15 is 0 Å². The molecule has 2 aliphatic heterocycles. The third-order valence-electron chi connectivity index (χ3n) is 6.48. The van der Waals surface area contributed by atoms with Crippen LogP contribution in [0.25, 0.3) is 0 Å². The number of likely N-dealkylation sites (tertiary alicyclic amines) is 1. The molecule has 5 heteroatoms. The molecule has 0 aromatic carbocycles. The molecule has 4 rings (SSSR count). The number of nitrogens with zero attached hydrogens (tertiary/aromatic N) is 3. The number of carbonyl (C=O) groups is 1. The Morgan fingerprint density at radius 3 is 2.64 bits per heavy atom. The lowest BCUT2D eigenvalue weighted by molar-refractivity contribution is -0.139. The van der Waals surface area contributed by atoms with Crippen molar-refractivity contribution in [3.8, 4) is 0 Å². The van der Waals surface area contributed by atoms with Crippen molar-refractivity contribution in [1.29, 1.82) is 0 Å². The second-order valence-electron chi connectivity index (χ2n) is 8.04. The van der Waals surface area contributed by atoms with Crippen LogP contribution in [-0.4, -0.2) is 41.0 Å². The quantitative estimate of drug-likeness (QED) is 0.794. The molecule has 1 saturated carbocycles. The first kappa shape index (κ1) is 17.1. The van der Waals surface area contributed by atoms with E-state index < -0.39 is 0 Å². The molecule has 0 bridgehead atoms. The van der Waals surface area contributed by atoms with E-state index in [-0.39, 0.29) is 5.92 Å². The summed E-state index contributed by atoms with van der Waals surface area (Å²) < 4.78 is 0. The summed E-state index contributed by atoms with van der Waals surface area (Å²) in [7, 11) is 0. The molecule has 3 unspecified atom stereocenters. The van der Waals surface area contributed by atoms with Crippen LogP contribution in [0.3, 0.4) is 0 Å². The highest BCUT2D eigenvalue weighted by molar-refractivity contribution is 6.30. The third-order valence-corrected chi connectivity index (χ3v) is 6.70. The van der Waals surface area contributed by atoms with Gasteiger partial charge in [-0.25, -0.2) is 4.98 Å². The van der Waals surface area contributed by atoms with Gasteiger partial charge in [-0.3, -0.25) is 4.79 Å². The number of hydrogen-bond acceptors (Lipinski definition) is 3. The van der Waals surface area contributed by atoms with Crippen LogP contribution >= 0.6 is 11.6 Å². The number of anilines is 1. The molecule has 4 nitrogen and oxygen atoms in total. The lowest BCUT2D eigenvalue weighted by atomic mass is 9.84. The second-order valence-corrected chi connectivity index (χ2v) is 8.47. The number of amides is 1. The molecule has 0 spiro atoms. The van der Waals surface area contributed by atoms with Crippen LogP contribution in [0.2, 0.25) is 5.02 Å². The summed E-state index contributed by atoms with van der Waals surface area (Å²) in [6, 6.07) is 4.80. The summed E-state index contributed by atoms with van der Waals surface area (Å²) >= 11 is 5.93. The maximum absolute atomic E-state index is 13.2. The van der Waals surface area contributed by atoms with Crippen molar-refractivity contribution in [2.75, 3.05) is 18.0 Å². The maximum Gasteiger partial charge on any atom is 0.226 e.